The second-order valence-corrected chi connectivity index (χ2v) is 3.96. The van der Waals surface area contributed by atoms with Crippen LogP contribution in [0.15, 0.2) is 24.3 Å². The number of benzene rings is 1. The highest BCUT2D eigenvalue weighted by molar-refractivity contribution is 7.80. The molecule has 2 rings (SSSR count). The van der Waals surface area contributed by atoms with Gasteiger partial charge in [0, 0.05) is 24.5 Å². The Morgan fingerprint density at radius 3 is 2.81 bits per heavy atom. The molecule has 1 aromatic rings. The zero-order valence-electron chi connectivity index (χ0n) is 8.17. The van der Waals surface area contributed by atoms with E-state index in [0.29, 0.717) is 10.6 Å². The lowest BCUT2D eigenvalue weighted by Crippen LogP contribution is -2.19. The van der Waals surface area contributed by atoms with Gasteiger partial charge in [0.15, 0.2) is 0 Å². The number of thiocarbonyl (C=S) groups is 1. The zero-order chi connectivity index (χ0) is 11.7. The third-order valence-corrected chi connectivity index (χ3v) is 2.84. The summed E-state index contributed by atoms with van der Waals surface area (Å²) in [5.74, 6) is -0.371. The summed E-state index contributed by atoms with van der Waals surface area (Å²) in [5, 5.41) is 13.1. The average molecular weight is 236 g/mol. The van der Waals surface area contributed by atoms with Crippen LogP contribution in [-0.2, 0) is 4.79 Å². The highest BCUT2D eigenvalue weighted by Crippen LogP contribution is 2.27. The van der Waals surface area contributed by atoms with E-state index in [1.54, 1.807) is 12.1 Å². The van der Waals surface area contributed by atoms with Gasteiger partial charge < -0.3 is 5.32 Å². The predicted molar refractivity (Wildman–Crippen MR) is 61.2 cm³/mol. The average Bonchev–Trinajstić information content (AvgIpc) is 2.58. The molecule has 0 radical (unpaired) electrons. The molecule has 1 atom stereocenters. The van der Waals surface area contributed by atoms with E-state index in [2.05, 4.69) is 5.32 Å². The van der Waals surface area contributed by atoms with Crippen molar-refractivity contribution >= 4 is 28.8 Å². The van der Waals surface area contributed by atoms with Crippen LogP contribution in [0.1, 0.15) is 17.9 Å². The third-order valence-electron chi connectivity index (χ3n) is 2.45. The Bertz CT molecular complexity index is 487. The molecule has 0 saturated carbocycles. The largest absolute Gasteiger partial charge is 0.320 e. The molecule has 0 aliphatic carbocycles. The van der Waals surface area contributed by atoms with Crippen LogP contribution in [0.5, 0.6) is 0 Å². The lowest BCUT2D eigenvalue weighted by molar-refractivity contribution is -0.384. The first-order chi connectivity index (χ1) is 7.58. The molecule has 1 N–H and O–H groups in total. The molecule has 0 spiro atoms. The second kappa shape index (κ2) is 3.97. The molecule has 1 unspecified atom stereocenters. The Morgan fingerprint density at radius 2 is 2.25 bits per heavy atom. The maximum absolute atomic E-state index is 11.1. The van der Waals surface area contributed by atoms with Gasteiger partial charge in [-0.05, 0) is 5.56 Å². The van der Waals surface area contributed by atoms with E-state index in [9.17, 15) is 14.9 Å². The van der Waals surface area contributed by atoms with Gasteiger partial charge in [0.1, 0.15) is 0 Å². The SMILES string of the molecule is O=C1CC(c2cccc([N+](=O)[O-])c2)C(=S)N1. The Hall–Kier alpha value is -1.82. The summed E-state index contributed by atoms with van der Waals surface area (Å²) in [6.45, 7) is 0. The minimum Gasteiger partial charge on any atom is -0.320 e. The first-order valence-corrected chi connectivity index (χ1v) is 5.07. The van der Waals surface area contributed by atoms with Crippen LogP contribution in [0.4, 0.5) is 5.69 Å². The van der Waals surface area contributed by atoms with E-state index >= 15 is 0 Å². The maximum atomic E-state index is 11.1. The van der Waals surface area contributed by atoms with Crippen LogP contribution in [0.25, 0.3) is 0 Å². The molecule has 82 valence electrons. The van der Waals surface area contributed by atoms with Crippen molar-refractivity contribution in [1.29, 1.82) is 0 Å². The number of nitrogens with one attached hydrogen (secondary N) is 1. The second-order valence-electron chi connectivity index (χ2n) is 3.52. The summed E-state index contributed by atoms with van der Waals surface area (Å²) in [4.78, 5) is 21.7. The minimum atomic E-state index is -0.462. The number of carbonyl (C=O) groups is 1. The Morgan fingerprint density at radius 1 is 1.50 bits per heavy atom. The molecule has 1 aliphatic rings. The van der Waals surface area contributed by atoms with Crippen molar-refractivity contribution in [3.63, 3.8) is 0 Å². The molecule has 5 nitrogen and oxygen atoms in total. The molecule has 1 aromatic carbocycles. The van der Waals surface area contributed by atoms with Crippen molar-refractivity contribution in [1.82, 2.24) is 5.32 Å². The highest BCUT2D eigenvalue weighted by atomic mass is 32.1. The topological polar surface area (TPSA) is 72.2 Å². The van der Waals surface area contributed by atoms with Crippen molar-refractivity contribution in [3.8, 4) is 0 Å². The number of carbonyl (C=O) groups excluding carboxylic acids is 1. The molecule has 0 bridgehead atoms. The number of nitro benzene ring substituents is 1. The van der Waals surface area contributed by atoms with Gasteiger partial charge in [-0.2, -0.15) is 0 Å². The highest BCUT2D eigenvalue weighted by Gasteiger charge is 2.29. The molecule has 0 aromatic heterocycles. The summed E-state index contributed by atoms with van der Waals surface area (Å²) in [7, 11) is 0. The number of rotatable bonds is 2. The van der Waals surface area contributed by atoms with Gasteiger partial charge in [-0.1, -0.05) is 24.4 Å². The van der Waals surface area contributed by atoms with Crippen LogP contribution in [-0.4, -0.2) is 15.8 Å². The number of non-ortho nitro benzene ring substituents is 1. The van der Waals surface area contributed by atoms with E-state index in [1.807, 2.05) is 0 Å². The Labute approximate surface area is 96.6 Å². The maximum Gasteiger partial charge on any atom is 0.269 e. The zero-order valence-corrected chi connectivity index (χ0v) is 8.99. The molecular weight excluding hydrogens is 228 g/mol. The molecule has 1 saturated heterocycles. The fraction of sp³-hybridized carbons (Fsp3) is 0.200. The van der Waals surface area contributed by atoms with Crippen molar-refractivity contribution in [2.24, 2.45) is 0 Å². The number of nitrogens with zero attached hydrogens (tertiary/aromatic N) is 1. The third kappa shape index (κ3) is 1.92. The van der Waals surface area contributed by atoms with E-state index in [4.69, 9.17) is 12.2 Å². The predicted octanol–water partition coefficient (Wildman–Crippen LogP) is 1.53. The summed E-state index contributed by atoms with van der Waals surface area (Å²) >= 11 is 5.01. The summed E-state index contributed by atoms with van der Waals surface area (Å²) in [6.07, 6.45) is 0.264. The smallest absolute Gasteiger partial charge is 0.269 e. The lowest BCUT2D eigenvalue weighted by Gasteiger charge is -2.07. The van der Waals surface area contributed by atoms with Gasteiger partial charge in [-0.15, -0.1) is 0 Å². The summed E-state index contributed by atoms with van der Waals surface area (Å²) in [6, 6.07) is 6.21. The minimum absolute atomic E-state index is 0.0136. The number of amides is 1. The van der Waals surface area contributed by atoms with Gasteiger partial charge in [-0.3, -0.25) is 14.9 Å². The van der Waals surface area contributed by atoms with Gasteiger partial charge >= 0.3 is 0 Å². The van der Waals surface area contributed by atoms with Crippen LogP contribution < -0.4 is 5.32 Å². The van der Waals surface area contributed by atoms with Gasteiger partial charge in [0.2, 0.25) is 5.91 Å². The molecule has 16 heavy (non-hydrogen) atoms. The van der Waals surface area contributed by atoms with Crippen molar-refractivity contribution in [3.05, 3.63) is 39.9 Å². The Balaban J connectivity index is 2.34. The molecule has 1 aliphatic heterocycles. The van der Waals surface area contributed by atoms with E-state index in [0.717, 1.165) is 0 Å². The molecule has 6 heteroatoms. The van der Waals surface area contributed by atoms with E-state index < -0.39 is 4.92 Å². The fourth-order valence-electron chi connectivity index (χ4n) is 1.68. The standard InChI is InChI=1S/C10H8N2O3S/c13-9-5-8(10(16)11-9)6-2-1-3-7(4-6)12(14)15/h1-4,8H,5H2,(H,11,13,16). The fourth-order valence-corrected chi connectivity index (χ4v) is 2.01. The lowest BCUT2D eigenvalue weighted by atomic mass is 9.98. The number of hydrogen-bond donors (Lipinski definition) is 1. The van der Waals surface area contributed by atoms with Gasteiger partial charge in [-0.25, -0.2) is 0 Å². The molecule has 1 fully saturated rings. The van der Waals surface area contributed by atoms with Crippen LogP contribution in [0, 0.1) is 10.1 Å². The van der Waals surface area contributed by atoms with Gasteiger partial charge in [0.05, 0.1) is 9.91 Å². The van der Waals surface area contributed by atoms with Crippen molar-refractivity contribution in [2.75, 3.05) is 0 Å². The van der Waals surface area contributed by atoms with Gasteiger partial charge in [0.25, 0.3) is 5.69 Å². The van der Waals surface area contributed by atoms with E-state index in [-0.39, 0.29) is 23.9 Å². The summed E-state index contributed by atoms with van der Waals surface area (Å²) in [5.41, 5.74) is 0.720. The monoisotopic (exact) mass is 236 g/mol. The van der Waals surface area contributed by atoms with Crippen LogP contribution in [0.3, 0.4) is 0 Å². The quantitative estimate of drug-likeness (QED) is 0.480. The summed E-state index contributed by atoms with van der Waals surface area (Å²) < 4.78 is 0. The van der Waals surface area contributed by atoms with Crippen molar-refractivity contribution < 1.29 is 9.72 Å². The molecular formula is C10H8N2O3S. The van der Waals surface area contributed by atoms with Crippen LogP contribution >= 0.6 is 12.2 Å². The normalized spacial score (nSPS) is 19.6. The van der Waals surface area contributed by atoms with Crippen LogP contribution in [0.2, 0.25) is 0 Å². The first kappa shape index (κ1) is 10.7. The molecule has 1 heterocycles. The number of nitro groups is 1. The Kier molecular flexibility index (Phi) is 2.66. The van der Waals surface area contributed by atoms with E-state index in [1.165, 1.54) is 12.1 Å². The van der Waals surface area contributed by atoms with Crippen molar-refractivity contribution in [2.45, 2.75) is 12.3 Å². The first-order valence-electron chi connectivity index (χ1n) is 4.66. The number of hydrogen-bond acceptors (Lipinski definition) is 4. The molecule has 1 amide bonds.